The maximum Gasteiger partial charge on any atom is 0.244 e. The molecule has 0 spiro atoms. The number of allylic oxidation sites excluding steroid dienone is 1. The quantitative estimate of drug-likeness (QED) is 0.593. The highest BCUT2D eigenvalue weighted by atomic mass is 19.1. The standard InChI is InChI=1S/C24H30FN3O2/c1-13(2)27-18-7-8-19(22(25)12-18)21-10-14(3)20(9-15(21)4)16(5)11-23(29)28-17(6)24(26)30/h7-13,17,27H,1-6H3,(H2,26,30)(H,28,29)/b16-11+/t17-/m1/s1. The number of carbonyl (C=O) groups excluding carboxylic acids is 2. The monoisotopic (exact) mass is 411 g/mol. The second-order valence-electron chi connectivity index (χ2n) is 7.94. The molecule has 0 aliphatic rings. The molecular weight excluding hydrogens is 381 g/mol. The first-order valence-corrected chi connectivity index (χ1v) is 9.95. The lowest BCUT2D eigenvalue weighted by atomic mass is 9.91. The van der Waals surface area contributed by atoms with Crippen LogP contribution in [0, 0.1) is 19.7 Å². The molecule has 0 heterocycles. The average molecular weight is 412 g/mol. The zero-order valence-electron chi connectivity index (χ0n) is 18.4. The van der Waals surface area contributed by atoms with Crippen molar-refractivity contribution in [1.29, 1.82) is 0 Å². The lowest BCUT2D eigenvalue weighted by molar-refractivity contribution is -0.124. The van der Waals surface area contributed by atoms with Crippen molar-refractivity contribution in [2.24, 2.45) is 5.73 Å². The highest BCUT2D eigenvalue weighted by Crippen LogP contribution is 2.32. The first kappa shape index (κ1) is 23.1. The van der Waals surface area contributed by atoms with E-state index in [-0.39, 0.29) is 17.8 Å². The van der Waals surface area contributed by atoms with Crippen molar-refractivity contribution in [3.63, 3.8) is 0 Å². The molecular formula is C24H30FN3O2. The fourth-order valence-corrected chi connectivity index (χ4v) is 3.29. The van der Waals surface area contributed by atoms with Crippen molar-refractivity contribution in [3.05, 3.63) is 58.9 Å². The first-order chi connectivity index (χ1) is 14.0. The van der Waals surface area contributed by atoms with Gasteiger partial charge in [0.15, 0.2) is 0 Å². The van der Waals surface area contributed by atoms with Crippen molar-refractivity contribution in [2.75, 3.05) is 5.32 Å². The summed E-state index contributed by atoms with van der Waals surface area (Å²) in [6.07, 6.45) is 1.44. The highest BCUT2D eigenvalue weighted by molar-refractivity contribution is 5.97. The van der Waals surface area contributed by atoms with Crippen molar-refractivity contribution in [1.82, 2.24) is 5.32 Å². The van der Waals surface area contributed by atoms with Crippen molar-refractivity contribution < 1.29 is 14.0 Å². The summed E-state index contributed by atoms with van der Waals surface area (Å²) in [4.78, 5) is 23.2. The van der Waals surface area contributed by atoms with E-state index in [9.17, 15) is 14.0 Å². The maximum atomic E-state index is 14.8. The molecule has 30 heavy (non-hydrogen) atoms. The summed E-state index contributed by atoms with van der Waals surface area (Å²) < 4.78 is 14.8. The number of carbonyl (C=O) groups is 2. The Hall–Kier alpha value is -3.15. The van der Waals surface area contributed by atoms with E-state index in [4.69, 9.17) is 5.73 Å². The SMILES string of the molecule is C/C(=C\C(=O)N[C@H](C)C(N)=O)c1cc(C)c(-c2ccc(NC(C)C)cc2F)cc1C. The van der Waals surface area contributed by atoms with Gasteiger partial charge in [-0.2, -0.15) is 0 Å². The molecule has 2 aromatic carbocycles. The van der Waals surface area contributed by atoms with Crippen LogP contribution >= 0.6 is 0 Å². The number of hydrogen-bond acceptors (Lipinski definition) is 3. The molecule has 0 aromatic heterocycles. The van der Waals surface area contributed by atoms with Crippen molar-refractivity contribution in [3.8, 4) is 11.1 Å². The Labute approximate surface area is 177 Å². The molecule has 2 amide bonds. The van der Waals surface area contributed by atoms with Gasteiger partial charge in [-0.3, -0.25) is 9.59 Å². The number of benzene rings is 2. The van der Waals surface area contributed by atoms with E-state index < -0.39 is 11.9 Å². The summed E-state index contributed by atoms with van der Waals surface area (Å²) in [6, 6.07) is 8.51. The Morgan fingerprint density at radius 2 is 1.70 bits per heavy atom. The van der Waals surface area contributed by atoms with Crippen LogP contribution in [0.25, 0.3) is 16.7 Å². The number of primary amides is 1. The highest BCUT2D eigenvalue weighted by Gasteiger charge is 2.14. The van der Waals surface area contributed by atoms with Gasteiger partial charge >= 0.3 is 0 Å². The van der Waals surface area contributed by atoms with Crippen molar-refractivity contribution in [2.45, 2.75) is 53.6 Å². The van der Waals surface area contributed by atoms with Crippen LogP contribution in [0.5, 0.6) is 0 Å². The Bertz CT molecular complexity index is 996. The van der Waals surface area contributed by atoms with Gasteiger partial charge in [0.1, 0.15) is 11.9 Å². The van der Waals surface area contributed by atoms with Crippen LogP contribution in [0.15, 0.2) is 36.4 Å². The number of halogens is 1. The normalized spacial score (nSPS) is 12.6. The number of amides is 2. The third-order valence-corrected chi connectivity index (χ3v) is 4.84. The minimum Gasteiger partial charge on any atom is -0.383 e. The molecule has 0 radical (unpaired) electrons. The Kier molecular flexibility index (Phi) is 7.38. The van der Waals surface area contributed by atoms with Crippen LogP contribution < -0.4 is 16.4 Å². The third-order valence-electron chi connectivity index (χ3n) is 4.84. The van der Waals surface area contributed by atoms with E-state index in [1.165, 1.54) is 19.1 Å². The molecule has 0 unspecified atom stereocenters. The summed E-state index contributed by atoms with van der Waals surface area (Å²) in [5.41, 5.74) is 10.7. The lowest BCUT2D eigenvalue weighted by Gasteiger charge is -2.16. The molecule has 2 rings (SSSR count). The topological polar surface area (TPSA) is 84.2 Å². The molecule has 1 atom stereocenters. The van der Waals surface area contributed by atoms with Gasteiger partial charge in [0.25, 0.3) is 0 Å². The number of nitrogens with two attached hydrogens (primary N) is 1. The molecule has 0 aliphatic heterocycles. The van der Waals surface area contributed by atoms with Gasteiger partial charge in [-0.25, -0.2) is 4.39 Å². The smallest absolute Gasteiger partial charge is 0.244 e. The average Bonchev–Trinajstić information content (AvgIpc) is 2.62. The second-order valence-corrected chi connectivity index (χ2v) is 7.94. The third kappa shape index (κ3) is 5.69. The van der Waals surface area contributed by atoms with E-state index in [0.29, 0.717) is 5.56 Å². The fraction of sp³-hybridized carbons (Fsp3) is 0.333. The summed E-state index contributed by atoms with van der Waals surface area (Å²) in [5, 5.41) is 5.73. The summed E-state index contributed by atoms with van der Waals surface area (Å²) in [6.45, 7) is 11.2. The molecule has 2 aromatic rings. The van der Waals surface area contributed by atoms with E-state index >= 15 is 0 Å². The molecule has 0 fully saturated rings. The minimum atomic E-state index is -0.747. The molecule has 5 nitrogen and oxygen atoms in total. The predicted molar refractivity (Wildman–Crippen MR) is 121 cm³/mol. The van der Waals surface area contributed by atoms with E-state index in [1.807, 2.05) is 52.8 Å². The maximum absolute atomic E-state index is 14.8. The first-order valence-electron chi connectivity index (χ1n) is 9.95. The van der Waals surface area contributed by atoms with E-state index in [1.54, 1.807) is 6.07 Å². The largest absolute Gasteiger partial charge is 0.383 e. The number of aryl methyl sites for hydroxylation is 2. The van der Waals surface area contributed by atoms with Gasteiger partial charge < -0.3 is 16.4 Å². The molecule has 160 valence electrons. The molecule has 6 heteroatoms. The van der Waals surface area contributed by atoms with Gasteiger partial charge in [0.2, 0.25) is 11.8 Å². The Balaban J connectivity index is 2.34. The van der Waals surface area contributed by atoms with Crippen LogP contribution in [0.3, 0.4) is 0 Å². The number of rotatable bonds is 7. The number of hydrogen-bond donors (Lipinski definition) is 3. The number of anilines is 1. The van der Waals surface area contributed by atoms with Crippen LogP contribution in [-0.2, 0) is 9.59 Å². The molecule has 0 aliphatic carbocycles. The Morgan fingerprint density at radius 1 is 1.03 bits per heavy atom. The zero-order chi connectivity index (χ0) is 22.6. The molecule has 0 bridgehead atoms. The van der Waals surface area contributed by atoms with Crippen LogP contribution in [0.1, 0.15) is 44.4 Å². The van der Waals surface area contributed by atoms with Gasteiger partial charge in [-0.05, 0) is 87.6 Å². The lowest BCUT2D eigenvalue weighted by Crippen LogP contribution is -2.41. The van der Waals surface area contributed by atoms with Crippen LogP contribution in [-0.4, -0.2) is 23.9 Å². The van der Waals surface area contributed by atoms with Crippen LogP contribution in [0.4, 0.5) is 10.1 Å². The zero-order valence-corrected chi connectivity index (χ0v) is 18.4. The van der Waals surface area contributed by atoms with Gasteiger partial charge in [-0.15, -0.1) is 0 Å². The molecule has 0 saturated heterocycles. The summed E-state index contributed by atoms with van der Waals surface area (Å²) in [5.74, 6) is -1.27. The fourth-order valence-electron chi connectivity index (χ4n) is 3.29. The van der Waals surface area contributed by atoms with Crippen molar-refractivity contribution >= 4 is 23.1 Å². The second kappa shape index (κ2) is 9.57. The van der Waals surface area contributed by atoms with E-state index in [2.05, 4.69) is 10.6 Å². The predicted octanol–water partition coefficient (Wildman–Crippen LogP) is 4.32. The minimum absolute atomic E-state index is 0.219. The number of nitrogens with one attached hydrogen (secondary N) is 2. The summed E-state index contributed by atoms with van der Waals surface area (Å²) >= 11 is 0. The van der Waals surface area contributed by atoms with Gasteiger partial charge in [0.05, 0.1) is 0 Å². The van der Waals surface area contributed by atoms with E-state index in [0.717, 1.165) is 33.5 Å². The Morgan fingerprint density at radius 3 is 2.27 bits per heavy atom. The molecule has 4 N–H and O–H groups in total. The summed E-state index contributed by atoms with van der Waals surface area (Å²) in [7, 11) is 0. The van der Waals surface area contributed by atoms with Gasteiger partial charge in [-0.1, -0.05) is 12.1 Å². The van der Waals surface area contributed by atoms with Gasteiger partial charge in [0, 0.05) is 23.4 Å². The molecule has 0 saturated carbocycles. The van der Waals surface area contributed by atoms with Crippen LogP contribution in [0.2, 0.25) is 0 Å².